The summed E-state index contributed by atoms with van der Waals surface area (Å²) in [4.78, 5) is 0. The first-order valence-corrected chi connectivity index (χ1v) is 19.1. The molecule has 0 spiro atoms. The van der Waals surface area contributed by atoms with Gasteiger partial charge in [0.15, 0.2) is 0 Å². The summed E-state index contributed by atoms with van der Waals surface area (Å²) in [6.45, 7) is 7.02. The van der Waals surface area contributed by atoms with Crippen LogP contribution in [0.3, 0.4) is 0 Å². The van der Waals surface area contributed by atoms with Gasteiger partial charge in [0, 0.05) is 0 Å². The van der Waals surface area contributed by atoms with E-state index >= 15 is 0 Å². The third kappa shape index (κ3) is 8.06. The average molecular weight is 493 g/mol. The summed E-state index contributed by atoms with van der Waals surface area (Å²) >= 11 is -2.57. The normalized spacial score (nSPS) is 11.8. The van der Waals surface area contributed by atoms with Crippen LogP contribution >= 0.6 is 0 Å². The Morgan fingerprint density at radius 1 is 0.724 bits per heavy atom. The molecule has 0 atom stereocenters. The Morgan fingerprint density at radius 2 is 1.21 bits per heavy atom. The van der Waals surface area contributed by atoms with E-state index in [-0.39, 0.29) is 0 Å². The van der Waals surface area contributed by atoms with Crippen LogP contribution in [0.15, 0.2) is 64.3 Å². The second-order valence-electron chi connectivity index (χ2n) is 8.18. The molecule has 2 aromatic rings. The van der Waals surface area contributed by atoms with Gasteiger partial charge in [-0.05, 0) is 0 Å². The van der Waals surface area contributed by atoms with E-state index in [4.69, 9.17) is 0 Å². The van der Waals surface area contributed by atoms with E-state index in [1.807, 2.05) is 0 Å². The molecule has 1 heteroatoms. The molecule has 0 radical (unpaired) electrons. The Bertz CT molecular complexity index is 756. The fraction of sp³-hybridized carbons (Fsp3) is 0.429. The molecule has 0 amide bonds. The molecule has 154 valence electrons. The molecule has 2 aromatic carbocycles. The SMILES string of the molecule is CCC[CH2][Sn]([CH2]CCC)([CH2]CCC)/[C](C#Cc1ccccc1)=C/c1ccccc1. The van der Waals surface area contributed by atoms with E-state index in [0.717, 1.165) is 5.56 Å². The van der Waals surface area contributed by atoms with Gasteiger partial charge in [-0.1, -0.05) is 0 Å². The predicted molar refractivity (Wildman–Crippen MR) is 133 cm³/mol. The first kappa shape index (κ1) is 23.8. The van der Waals surface area contributed by atoms with Gasteiger partial charge in [0.25, 0.3) is 0 Å². The first-order chi connectivity index (χ1) is 14.2. The van der Waals surface area contributed by atoms with Gasteiger partial charge in [0.05, 0.1) is 0 Å². The summed E-state index contributed by atoms with van der Waals surface area (Å²) in [5.74, 6) is 7.29. The molecule has 0 saturated carbocycles. The zero-order valence-electron chi connectivity index (χ0n) is 18.7. The second-order valence-corrected chi connectivity index (χ2v) is 21.3. The molecule has 0 nitrogen and oxygen atoms in total. The summed E-state index contributed by atoms with van der Waals surface area (Å²) in [5.41, 5.74) is 2.45. The van der Waals surface area contributed by atoms with E-state index in [9.17, 15) is 0 Å². The van der Waals surface area contributed by atoms with Crippen LogP contribution in [0.2, 0.25) is 13.3 Å². The van der Waals surface area contributed by atoms with Crippen LogP contribution in [-0.2, 0) is 0 Å². The minimum absolute atomic E-state index is 1.13. The Labute approximate surface area is 183 Å². The van der Waals surface area contributed by atoms with Crippen molar-refractivity contribution in [1.82, 2.24) is 0 Å². The van der Waals surface area contributed by atoms with E-state index in [1.54, 1.807) is 3.59 Å². The number of rotatable bonds is 11. The van der Waals surface area contributed by atoms with Gasteiger partial charge in [-0.3, -0.25) is 0 Å². The van der Waals surface area contributed by atoms with Crippen LogP contribution in [0.4, 0.5) is 0 Å². The minimum atomic E-state index is -2.57. The van der Waals surface area contributed by atoms with Crippen molar-refractivity contribution in [3.8, 4) is 11.8 Å². The van der Waals surface area contributed by atoms with E-state index in [1.165, 1.54) is 57.4 Å². The summed E-state index contributed by atoms with van der Waals surface area (Å²) in [6.07, 6.45) is 10.4. The Hall–Kier alpha value is -1.46. The third-order valence-electron chi connectivity index (χ3n) is 5.82. The van der Waals surface area contributed by atoms with Gasteiger partial charge in [-0.25, -0.2) is 0 Å². The van der Waals surface area contributed by atoms with Gasteiger partial charge >= 0.3 is 184 Å². The molecule has 0 unspecified atom stereocenters. The van der Waals surface area contributed by atoms with Crippen molar-refractivity contribution in [3.63, 3.8) is 0 Å². The zero-order valence-corrected chi connectivity index (χ0v) is 21.6. The number of hydrogen-bond donors (Lipinski definition) is 0. The Kier molecular flexibility index (Phi) is 11.3. The fourth-order valence-corrected chi connectivity index (χ4v) is 19.6. The molecule has 0 aromatic heterocycles. The van der Waals surface area contributed by atoms with Crippen LogP contribution in [0.25, 0.3) is 6.08 Å². The van der Waals surface area contributed by atoms with Crippen LogP contribution in [0.5, 0.6) is 0 Å². The maximum absolute atomic E-state index is 3.76. The van der Waals surface area contributed by atoms with Crippen LogP contribution < -0.4 is 0 Å². The van der Waals surface area contributed by atoms with Crippen molar-refractivity contribution in [3.05, 3.63) is 75.4 Å². The number of benzene rings is 2. The molecule has 29 heavy (non-hydrogen) atoms. The van der Waals surface area contributed by atoms with Crippen molar-refractivity contribution in [2.75, 3.05) is 0 Å². The molecular formula is C28H38Sn. The molecule has 2 rings (SSSR count). The average Bonchev–Trinajstić information content (AvgIpc) is 2.78. The molecule has 0 aliphatic rings. The van der Waals surface area contributed by atoms with Gasteiger partial charge in [0.1, 0.15) is 0 Å². The maximum atomic E-state index is 3.76. The third-order valence-corrected chi connectivity index (χ3v) is 21.1. The molecular weight excluding hydrogens is 455 g/mol. The molecule has 0 fully saturated rings. The van der Waals surface area contributed by atoms with Crippen molar-refractivity contribution < 1.29 is 0 Å². The summed E-state index contributed by atoms with van der Waals surface area (Å²) < 4.78 is 5.90. The predicted octanol–water partition coefficient (Wildman–Crippen LogP) is 8.51. The van der Waals surface area contributed by atoms with Gasteiger partial charge in [-0.2, -0.15) is 0 Å². The fourth-order valence-electron chi connectivity index (χ4n) is 4.02. The van der Waals surface area contributed by atoms with Crippen LogP contribution in [-0.4, -0.2) is 18.4 Å². The van der Waals surface area contributed by atoms with Gasteiger partial charge in [-0.15, -0.1) is 0 Å². The standard InChI is InChI=1S/C16H11.3C4H9.Sn/c1-3-9-15(10-4-1)13-7-8-14-16-11-5-2-6-12-16;3*1-3-4-2;/h1-6,9-13H;3*1,3-4H2,2H3;. The molecule has 0 N–H and O–H groups in total. The topological polar surface area (TPSA) is 0 Å². The van der Waals surface area contributed by atoms with Gasteiger partial charge in [0.2, 0.25) is 0 Å². The Morgan fingerprint density at radius 3 is 1.69 bits per heavy atom. The molecule has 0 aliphatic heterocycles. The first-order valence-electron chi connectivity index (χ1n) is 11.6. The van der Waals surface area contributed by atoms with Crippen LogP contribution in [0.1, 0.15) is 70.4 Å². The molecule has 0 bridgehead atoms. The molecule has 0 aliphatic carbocycles. The number of allylic oxidation sites excluding steroid dienone is 1. The Balaban J connectivity index is 2.54. The van der Waals surface area contributed by atoms with Crippen molar-refractivity contribution in [1.29, 1.82) is 0 Å². The van der Waals surface area contributed by atoms with Crippen LogP contribution in [0, 0.1) is 11.8 Å². The van der Waals surface area contributed by atoms with E-state index < -0.39 is 18.4 Å². The monoisotopic (exact) mass is 494 g/mol. The molecule has 0 heterocycles. The van der Waals surface area contributed by atoms with E-state index in [0.29, 0.717) is 0 Å². The summed E-state index contributed by atoms with van der Waals surface area (Å²) in [7, 11) is 0. The summed E-state index contributed by atoms with van der Waals surface area (Å²) in [6, 6.07) is 21.4. The second kappa shape index (κ2) is 13.7. The summed E-state index contributed by atoms with van der Waals surface area (Å²) in [5, 5.41) is 0. The number of hydrogen-bond acceptors (Lipinski definition) is 0. The zero-order chi connectivity index (χ0) is 20.8. The molecule has 0 saturated heterocycles. The quantitative estimate of drug-likeness (QED) is 0.218. The number of unbranched alkanes of at least 4 members (excludes halogenated alkanes) is 3. The van der Waals surface area contributed by atoms with Crippen molar-refractivity contribution in [2.45, 2.75) is 72.6 Å². The van der Waals surface area contributed by atoms with E-state index in [2.05, 4.69) is 99.4 Å². The van der Waals surface area contributed by atoms with Crippen molar-refractivity contribution in [2.24, 2.45) is 0 Å². The van der Waals surface area contributed by atoms with Gasteiger partial charge < -0.3 is 0 Å². The van der Waals surface area contributed by atoms with Crippen molar-refractivity contribution >= 4 is 24.5 Å².